The van der Waals surface area contributed by atoms with Crippen LogP contribution in [0, 0.1) is 18.9 Å². The summed E-state index contributed by atoms with van der Waals surface area (Å²) in [7, 11) is 1.63. The normalized spacial score (nSPS) is 15.6. The Labute approximate surface area is 113 Å². The van der Waals surface area contributed by atoms with E-state index in [1.807, 2.05) is 30.0 Å². The van der Waals surface area contributed by atoms with Crippen LogP contribution in [-0.2, 0) is 20.0 Å². The molecule has 1 aromatic carbocycles. The molecule has 0 amide bonds. The van der Waals surface area contributed by atoms with Gasteiger partial charge in [0.05, 0.1) is 0 Å². The number of rotatable bonds is 3. The molecule has 0 aromatic heterocycles. The van der Waals surface area contributed by atoms with Crippen molar-refractivity contribution in [3.05, 3.63) is 35.9 Å². The molecule has 1 aromatic rings. The van der Waals surface area contributed by atoms with Gasteiger partial charge in [0.1, 0.15) is 0 Å². The van der Waals surface area contributed by atoms with E-state index in [2.05, 4.69) is 15.3 Å². The van der Waals surface area contributed by atoms with Crippen LogP contribution in [0.1, 0.15) is 11.1 Å². The molecule has 3 nitrogen and oxygen atoms in total. The summed E-state index contributed by atoms with van der Waals surface area (Å²) in [5.41, 5.74) is 3.07. The molecule has 2 rings (SSSR count). The molecule has 0 radical (unpaired) electrons. The first kappa shape index (κ1) is 12.7. The van der Waals surface area contributed by atoms with E-state index in [1.54, 1.807) is 13.7 Å². The molecule has 1 aliphatic rings. The molecule has 1 fully saturated rings. The van der Waals surface area contributed by atoms with Crippen LogP contribution in [0.25, 0.3) is 0 Å². The van der Waals surface area contributed by atoms with Gasteiger partial charge in [-0.3, -0.25) is 0 Å². The zero-order chi connectivity index (χ0) is 12.4. The molecule has 0 spiro atoms. The van der Waals surface area contributed by atoms with Crippen LogP contribution in [0.2, 0.25) is 0 Å². The summed E-state index contributed by atoms with van der Waals surface area (Å²) < 4.78 is 5.97. The van der Waals surface area contributed by atoms with Gasteiger partial charge in [-0.2, -0.15) is 0 Å². The summed E-state index contributed by atoms with van der Waals surface area (Å²) >= 11 is 5.96. The van der Waals surface area contributed by atoms with E-state index in [0.29, 0.717) is 5.17 Å². The molecule has 0 atom stereocenters. The Kier molecular flexibility index (Phi) is 3.93. The van der Waals surface area contributed by atoms with Gasteiger partial charge in [0.25, 0.3) is 0 Å². The molecule has 1 aliphatic heterocycles. The van der Waals surface area contributed by atoms with Gasteiger partial charge >= 0.3 is 113 Å². The summed E-state index contributed by atoms with van der Waals surface area (Å²) in [6, 6.07) is 6.06. The fraction of sp³-hybridized carbons (Fsp3) is 0.250. The predicted octanol–water partition coefficient (Wildman–Crippen LogP) is 2.32. The Morgan fingerprint density at radius 1 is 1.53 bits per heavy atom. The van der Waals surface area contributed by atoms with Crippen LogP contribution in [0.15, 0.2) is 18.2 Å². The Balaban J connectivity index is 2.43. The molecular formula is C12H13CoN2OS-. The third-order valence-corrected chi connectivity index (χ3v) is 3.94. The molecule has 0 aliphatic carbocycles. The minimum atomic E-state index is 0.503. The summed E-state index contributed by atoms with van der Waals surface area (Å²) in [5.74, 6) is 0.749. The van der Waals surface area contributed by atoms with Crippen molar-refractivity contribution in [2.45, 2.75) is 6.92 Å². The van der Waals surface area contributed by atoms with Gasteiger partial charge < -0.3 is 0 Å². The molecular weight excluding hydrogens is 279 g/mol. The Morgan fingerprint density at radius 2 is 2.29 bits per heavy atom. The van der Waals surface area contributed by atoms with Gasteiger partial charge in [-0.15, -0.1) is 0 Å². The van der Waals surface area contributed by atoms with Gasteiger partial charge in [-0.1, -0.05) is 0 Å². The predicted molar refractivity (Wildman–Crippen MR) is 69.3 cm³/mol. The second-order valence-corrected chi connectivity index (χ2v) is 5.26. The molecule has 1 heterocycles. The number of benzene rings is 1. The number of ether oxygens (including phenoxy) is 1. The van der Waals surface area contributed by atoms with Crippen LogP contribution in [-0.4, -0.2) is 22.6 Å². The van der Waals surface area contributed by atoms with Crippen LogP contribution in [0.4, 0.5) is 5.69 Å². The summed E-state index contributed by atoms with van der Waals surface area (Å²) in [4.78, 5) is 1.84. The topological polar surface area (TPSA) is 36.3 Å². The number of amidine groups is 1. The quantitative estimate of drug-likeness (QED) is 0.869. The Hall–Kier alpha value is -0.754. The number of anilines is 1. The van der Waals surface area contributed by atoms with Crippen LogP contribution in [0.5, 0.6) is 0 Å². The molecule has 17 heavy (non-hydrogen) atoms. The van der Waals surface area contributed by atoms with Crippen molar-refractivity contribution in [3.63, 3.8) is 0 Å². The Bertz CT molecular complexity index is 460. The summed E-state index contributed by atoms with van der Waals surface area (Å²) in [6.07, 6.45) is 0. The maximum atomic E-state index is 7.92. The first-order chi connectivity index (χ1) is 8.13. The van der Waals surface area contributed by atoms with Crippen molar-refractivity contribution in [1.29, 1.82) is 5.41 Å². The molecule has 93 valence electrons. The van der Waals surface area contributed by atoms with E-state index in [9.17, 15) is 0 Å². The number of thioether (sulfide) groups is 1. The van der Waals surface area contributed by atoms with Crippen molar-refractivity contribution in [2.24, 2.45) is 0 Å². The standard InChI is InChI=1S/C12H13N2OS.Co/c1-9-3-4-11(10(7-9)8-15-2)14-5-6-16-12(14)13;/h3-4,7-8,13H,6H2,1-2H3;/q-1;. The molecule has 1 saturated heterocycles. The van der Waals surface area contributed by atoms with Crippen molar-refractivity contribution in [1.82, 2.24) is 0 Å². The van der Waals surface area contributed by atoms with E-state index >= 15 is 0 Å². The van der Waals surface area contributed by atoms with E-state index in [-0.39, 0.29) is 0 Å². The third-order valence-electron chi connectivity index (χ3n) is 2.43. The van der Waals surface area contributed by atoms with Crippen LogP contribution < -0.4 is 4.90 Å². The molecule has 5 heteroatoms. The molecule has 0 bridgehead atoms. The number of nitrogens with zero attached hydrogens (tertiary/aromatic N) is 1. The van der Waals surface area contributed by atoms with Gasteiger partial charge in [-0.05, 0) is 0 Å². The van der Waals surface area contributed by atoms with Crippen LogP contribution in [0.3, 0.4) is 0 Å². The fourth-order valence-corrected chi connectivity index (χ4v) is 2.95. The van der Waals surface area contributed by atoms with Crippen LogP contribution >= 0.6 is 11.8 Å². The monoisotopic (exact) mass is 292 g/mol. The molecule has 0 saturated carbocycles. The van der Waals surface area contributed by atoms with Crippen molar-refractivity contribution in [2.75, 3.05) is 17.8 Å². The van der Waals surface area contributed by atoms with Gasteiger partial charge in [0.2, 0.25) is 0 Å². The number of nitrogens with one attached hydrogen (secondary N) is 1. The van der Waals surface area contributed by atoms with E-state index in [4.69, 9.17) is 10.1 Å². The SMILES string of the molecule is CO[CH-]c1cc(C)ccc1N1C(=N)SC[C]1=[Co]. The van der Waals surface area contributed by atoms with E-state index < -0.39 is 0 Å². The van der Waals surface area contributed by atoms with Gasteiger partial charge in [0.15, 0.2) is 0 Å². The first-order valence-electron chi connectivity index (χ1n) is 5.10. The average Bonchev–Trinajstić information content (AvgIpc) is 2.61. The average molecular weight is 292 g/mol. The maximum absolute atomic E-state index is 7.92. The minimum absolute atomic E-state index is 0.503. The summed E-state index contributed by atoms with van der Waals surface area (Å²) in [6.45, 7) is 3.73. The zero-order valence-electron chi connectivity index (χ0n) is 9.61. The number of hydrogen-bond acceptors (Lipinski definition) is 3. The zero-order valence-corrected chi connectivity index (χ0v) is 11.5. The van der Waals surface area contributed by atoms with Crippen molar-refractivity contribution < 1.29 is 20.0 Å². The Morgan fingerprint density at radius 3 is 2.88 bits per heavy atom. The summed E-state index contributed by atoms with van der Waals surface area (Å²) in [5, 5.41) is 8.42. The van der Waals surface area contributed by atoms with E-state index in [1.165, 1.54) is 11.8 Å². The van der Waals surface area contributed by atoms with Crippen molar-refractivity contribution >= 4 is 27.2 Å². The van der Waals surface area contributed by atoms with Crippen molar-refractivity contribution in [3.8, 4) is 0 Å². The van der Waals surface area contributed by atoms with Gasteiger partial charge in [0, 0.05) is 0 Å². The fourth-order valence-electron chi connectivity index (χ4n) is 1.69. The number of aryl methyl sites for hydroxylation is 1. The molecule has 1 N–H and O–H groups in total. The second-order valence-electron chi connectivity index (χ2n) is 3.70. The van der Waals surface area contributed by atoms with Gasteiger partial charge in [-0.25, -0.2) is 0 Å². The first-order valence-corrected chi connectivity index (χ1v) is 6.61. The number of methoxy groups -OCH3 is 1. The molecule has 0 unspecified atom stereocenters. The van der Waals surface area contributed by atoms with E-state index in [0.717, 1.165) is 27.1 Å². The third kappa shape index (κ3) is 2.57. The second kappa shape index (κ2) is 5.26. The number of hydrogen-bond donors (Lipinski definition) is 1.